The Morgan fingerprint density at radius 1 is 1.29 bits per heavy atom. The molecule has 2 N–H and O–H groups in total. The molecule has 0 spiro atoms. The van der Waals surface area contributed by atoms with Crippen molar-refractivity contribution >= 4 is 0 Å². The van der Waals surface area contributed by atoms with Crippen LogP contribution in [-0.4, -0.2) is 6.10 Å². The lowest BCUT2D eigenvalue weighted by molar-refractivity contribution is 0.242. The van der Waals surface area contributed by atoms with Gasteiger partial charge in [0.05, 0.1) is 6.10 Å². The standard InChI is InChI=1S/C12H17NO/c1-4-12(13)10-5-7-11(8-6-10)14-9(2)3/h4-9,12H,1,13H2,2-3H3/t12-/m1/s1. The summed E-state index contributed by atoms with van der Waals surface area (Å²) in [5.74, 6) is 0.875. The zero-order valence-electron chi connectivity index (χ0n) is 8.73. The molecule has 1 atom stereocenters. The van der Waals surface area contributed by atoms with Gasteiger partial charge in [0.15, 0.2) is 0 Å². The molecule has 2 nitrogen and oxygen atoms in total. The zero-order chi connectivity index (χ0) is 10.6. The third-order valence-electron chi connectivity index (χ3n) is 1.89. The van der Waals surface area contributed by atoms with Gasteiger partial charge in [-0.05, 0) is 31.5 Å². The molecule has 0 aromatic heterocycles. The quantitative estimate of drug-likeness (QED) is 0.742. The maximum Gasteiger partial charge on any atom is 0.119 e. The van der Waals surface area contributed by atoms with E-state index in [1.165, 1.54) is 0 Å². The van der Waals surface area contributed by atoms with E-state index >= 15 is 0 Å². The van der Waals surface area contributed by atoms with Gasteiger partial charge in [-0.3, -0.25) is 0 Å². The molecule has 0 fully saturated rings. The minimum absolute atomic E-state index is 0.0944. The molecule has 1 rings (SSSR count). The fraction of sp³-hybridized carbons (Fsp3) is 0.333. The summed E-state index contributed by atoms with van der Waals surface area (Å²) in [5, 5.41) is 0. The van der Waals surface area contributed by atoms with Gasteiger partial charge in [0, 0.05) is 6.04 Å². The van der Waals surface area contributed by atoms with Crippen LogP contribution in [-0.2, 0) is 0 Å². The van der Waals surface area contributed by atoms with Crippen molar-refractivity contribution in [2.75, 3.05) is 0 Å². The molecule has 1 aromatic carbocycles. The van der Waals surface area contributed by atoms with Crippen LogP contribution in [0.5, 0.6) is 5.75 Å². The highest BCUT2D eigenvalue weighted by molar-refractivity contribution is 5.30. The van der Waals surface area contributed by atoms with Gasteiger partial charge >= 0.3 is 0 Å². The molecule has 0 saturated heterocycles. The SMILES string of the molecule is C=C[C@@H](N)c1ccc(OC(C)C)cc1. The van der Waals surface area contributed by atoms with Crippen LogP contribution < -0.4 is 10.5 Å². The van der Waals surface area contributed by atoms with Crippen LogP contribution >= 0.6 is 0 Å². The van der Waals surface area contributed by atoms with Crippen molar-refractivity contribution < 1.29 is 4.74 Å². The van der Waals surface area contributed by atoms with Crippen molar-refractivity contribution in [2.45, 2.75) is 26.0 Å². The third kappa shape index (κ3) is 2.89. The first kappa shape index (κ1) is 10.8. The molecule has 0 aliphatic carbocycles. The summed E-state index contributed by atoms with van der Waals surface area (Å²) in [6.45, 7) is 7.66. The number of hydrogen-bond donors (Lipinski definition) is 1. The molecule has 76 valence electrons. The van der Waals surface area contributed by atoms with E-state index in [0.717, 1.165) is 11.3 Å². The molecule has 0 unspecified atom stereocenters. The van der Waals surface area contributed by atoms with Crippen LogP contribution in [0.4, 0.5) is 0 Å². The summed E-state index contributed by atoms with van der Waals surface area (Å²) < 4.78 is 5.52. The van der Waals surface area contributed by atoms with Gasteiger partial charge in [0.2, 0.25) is 0 Å². The van der Waals surface area contributed by atoms with Crippen molar-refractivity contribution in [3.8, 4) is 5.75 Å². The highest BCUT2D eigenvalue weighted by Gasteiger charge is 2.01. The van der Waals surface area contributed by atoms with Crippen LogP contribution in [0.2, 0.25) is 0 Å². The monoisotopic (exact) mass is 191 g/mol. The molecular weight excluding hydrogens is 174 g/mol. The lowest BCUT2D eigenvalue weighted by Gasteiger charge is -2.11. The fourth-order valence-electron chi connectivity index (χ4n) is 1.18. The second-order valence-corrected chi connectivity index (χ2v) is 3.50. The second-order valence-electron chi connectivity index (χ2n) is 3.50. The molecule has 0 aliphatic rings. The Morgan fingerprint density at radius 3 is 2.29 bits per heavy atom. The molecule has 0 bridgehead atoms. The molecule has 2 heteroatoms. The van der Waals surface area contributed by atoms with Crippen molar-refractivity contribution in [3.63, 3.8) is 0 Å². The molecule has 1 aromatic rings. The maximum atomic E-state index is 5.79. The first-order valence-corrected chi connectivity index (χ1v) is 4.78. The first-order valence-electron chi connectivity index (χ1n) is 4.78. The Morgan fingerprint density at radius 2 is 1.86 bits per heavy atom. The van der Waals surface area contributed by atoms with Crippen LogP contribution in [0.15, 0.2) is 36.9 Å². The minimum Gasteiger partial charge on any atom is -0.491 e. The molecule has 0 aliphatic heterocycles. The molecule has 0 saturated carbocycles. The van der Waals surface area contributed by atoms with E-state index in [0.29, 0.717) is 0 Å². The van der Waals surface area contributed by atoms with Gasteiger partial charge < -0.3 is 10.5 Å². The fourth-order valence-corrected chi connectivity index (χ4v) is 1.18. The smallest absolute Gasteiger partial charge is 0.119 e. The van der Waals surface area contributed by atoms with Gasteiger partial charge in [-0.2, -0.15) is 0 Å². The Labute approximate surface area is 85.4 Å². The van der Waals surface area contributed by atoms with Crippen LogP contribution in [0.3, 0.4) is 0 Å². The minimum atomic E-state index is -0.0944. The summed E-state index contributed by atoms with van der Waals surface area (Å²) in [5.41, 5.74) is 6.84. The van der Waals surface area contributed by atoms with Gasteiger partial charge in [0.1, 0.15) is 5.75 Å². The Kier molecular flexibility index (Phi) is 3.72. The van der Waals surface area contributed by atoms with E-state index in [4.69, 9.17) is 10.5 Å². The van der Waals surface area contributed by atoms with E-state index < -0.39 is 0 Å². The number of nitrogens with two attached hydrogens (primary N) is 1. The summed E-state index contributed by atoms with van der Waals surface area (Å²) >= 11 is 0. The zero-order valence-corrected chi connectivity index (χ0v) is 8.73. The topological polar surface area (TPSA) is 35.2 Å². The van der Waals surface area contributed by atoms with E-state index in [9.17, 15) is 0 Å². The maximum absolute atomic E-state index is 5.79. The Balaban J connectivity index is 2.73. The van der Waals surface area contributed by atoms with Gasteiger partial charge in [0.25, 0.3) is 0 Å². The predicted octanol–water partition coefficient (Wildman–Crippen LogP) is 2.66. The summed E-state index contributed by atoms with van der Waals surface area (Å²) in [7, 11) is 0. The van der Waals surface area contributed by atoms with Crippen molar-refractivity contribution in [2.24, 2.45) is 5.73 Å². The van der Waals surface area contributed by atoms with Crippen LogP contribution in [0.1, 0.15) is 25.5 Å². The van der Waals surface area contributed by atoms with Crippen LogP contribution in [0.25, 0.3) is 0 Å². The number of benzene rings is 1. The average molecular weight is 191 g/mol. The number of rotatable bonds is 4. The number of hydrogen-bond acceptors (Lipinski definition) is 2. The van der Waals surface area contributed by atoms with E-state index in [-0.39, 0.29) is 12.1 Å². The molecular formula is C12H17NO. The third-order valence-corrected chi connectivity index (χ3v) is 1.89. The molecule has 0 amide bonds. The van der Waals surface area contributed by atoms with Crippen molar-refractivity contribution in [3.05, 3.63) is 42.5 Å². The molecule has 0 radical (unpaired) electrons. The normalized spacial score (nSPS) is 12.6. The lowest BCUT2D eigenvalue weighted by atomic mass is 10.1. The van der Waals surface area contributed by atoms with E-state index in [2.05, 4.69) is 6.58 Å². The van der Waals surface area contributed by atoms with Crippen molar-refractivity contribution in [1.82, 2.24) is 0 Å². The molecule has 0 heterocycles. The molecule has 14 heavy (non-hydrogen) atoms. The summed E-state index contributed by atoms with van der Waals surface area (Å²) in [6, 6.07) is 7.69. The number of ether oxygens (including phenoxy) is 1. The Bertz CT molecular complexity index is 290. The highest BCUT2D eigenvalue weighted by Crippen LogP contribution is 2.17. The summed E-state index contributed by atoms with van der Waals surface area (Å²) in [4.78, 5) is 0. The Hall–Kier alpha value is -1.28. The predicted molar refractivity (Wildman–Crippen MR) is 59.3 cm³/mol. The van der Waals surface area contributed by atoms with Gasteiger partial charge in [-0.25, -0.2) is 0 Å². The van der Waals surface area contributed by atoms with E-state index in [1.54, 1.807) is 6.08 Å². The largest absolute Gasteiger partial charge is 0.491 e. The van der Waals surface area contributed by atoms with Gasteiger partial charge in [-0.15, -0.1) is 6.58 Å². The average Bonchev–Trinajstić information content (AvgIpc) is 2.17. The van der Waals surface area contributed by atoms with Crippen molar-refractivity contribution in [1.29, 1.82) is 0 Å². The van der Waals surface area contributed by atoms with E-state index in [1.807, 2.05) is 38.1 Å². The lowest BCUT2D eigenvalue weighted by Crippen LogP contribution is -2.07. The van der Waals surface area contributed by atoms with Gasteiger partial charge in [-0.1, -0.05) is 18.2 Å². The van der Waals surface area contributed by atoms with Crippen LogP contribution in [0, 0.1) is 0 Å². The summed E-state index contributed by atoms with van der Waals surface area (Å²) in [6.07, 6.45) is 1.92. The first-order chi connectivity index (χ1) is 6.63. The second kappa shape index (κ2) is 4.82. The highest BCUT2D eigenvalue weighted by atomic mass is 16.5.